The number of para-hydroxylation sites is 2. The molecule has 0 saturated heterocycles. The van der Waals surface area contributed by atoms with Crippen molar-refractivity contribution in [3.05, 3.63) is 24.3 Å². The monoisotopic (exact) mass is 153 g/mol. The smallest absolute Gasteiger partial charge is 0.283 e. The molecule has 0 aliphatic carbocycles. The third-order valence-corrected chi connectivity index (χ3v) is 0.882. The van der Waals surface area contributed by atoms with Gasteiger partial charge in [0.25, 0.3) is 6.26 Å². The van der Waals surface area contributed by atoms with Crippen LogP contribution in [-0.2, 0) is 0 Å². The van der Waals surface area contributed by atoms with Crippen molar-refractivity contribution in [1.82, 2.24) is 0 Å². The van der Waals surface area contributed by atoms with Gasteiger partial charge in [-0.2, -0.15) is 5.26 Å². The predicted octanol–water partition coefficient (Wildman–Crippen LogP) is 0.938. The Balaban J connectivity index is 0.000000292. The van der Waals surface area contributed by atoms with Crippen LogP contribution in [0, 0.1) is 11.5 Å². The highest BCUT2D eigenvalue weighted by Gasteiger charge is 1.90. The summed E-state index contributed by atoms with van der Waals surface area (Å²) in [6.45, 7) is 0. The van der Waals surface area contributed by atoms with E-state index in [1.807, 2.05) is 0 Å². The summed E-state index contributed by atoms with van der Waals surface area (Å²) in [6.07, 6.45) is 0.750. The van der Waals surface area contributed by atoms with Crippen LogP contribution in [0.15, 0.2) is 24.3 Å². The highest BCUT2D eigenvalue weighted by molar-refractivity contribution is 5.36. The Kier molecular flexibility index (Phi) is 4.09. The molecule has 0 unspecified atom stereocenters. The summed E-state index contributed by atoms with van der Waals surface area (Å²) in [5, 5.41) is 31.1. The molecule has 0 radical (unpaired) electrons. The molecule has 0 aromatic heterocycles. The summed E-state index contributed by atoms with van der Waals surface area (Å²) < 4.78 is 0. The quantitative estimate of drug-likeness (QED) is 0.382. The lowest BCUT2D eigenvalue weighted by Gasteiger charge is -1.91. The standard InChI is InChI=1S/C6H6O2.CHNO/c7-5-3-1-2-4-6(5)8;2-1-3/h1-4,7-8H;3H. The molecule has 0 heterocycles. The van der Waals surface area contributed by atoms with E-state index >= 15 is 0 Å². The topological polar surface area (TPSA) is 84.5 Å². The normalized spacial score (nSPS) is 7.18. The summed E-state index contributed by atoms with van der Waals surface area (Å²) >= 11 is 0. The average Bonchev–Trinajstić information content (AvgIpc) is 1.97. The Bertz CT molecular complexity index is 233. The van der Waals surface area contributed by atoms with Gasteiger partial charge in [-0.25, -0.2) is 0 Å². The number of rotatable bonds is 0. The van der Waals surface area contributed by atoms with Crippen molar-refractivity contribution >= 4 is 0 Å². The molecule has 4 nitrogen and oxygen atoms in total. The van der Waals surface area contributed by atoms with Crippen molar-refractivity contribution in [2.24, 2.45) is 0 Å². The molecule has 0 saturated carbocycles. The highest BCUT2D eigenvalue weighted by atomic mass is 16.3. The fourth-order valence-corrected chi connectivity index (χ4v) is 0.464. The van der Waals surface area contributed by atoms with E-state index in [2.05, 4.69) is 0 Å². The van der Waals surface area contributed by atoms with Crippen LogP contribution in [0.3, 0.4) is 0 Å². The van der Waals surface area contributed by atoms with E-state index in [1.54, 1.807) is 12.1 Å². The first-order valence-corrected chi connectivity index (χ1v) is 2.72. The maximum absolute atomic E-state index is 8.67. The average molecular weight is 153 g/mol. The van der Waals surface area contributed by atoms with Gasteiger partial charge >= 0.3 is 0 Å². The van der Waals surface area contributed by atoms with E-state index < -0.39 is 0 Å². The number of benzene rings is 1. The van der Waals surface area contributed by atoms with Gasteiger partial charge in [0.1, 0.15) is 0 Å². The van der Waals surface area contributed by atoms with Gasteiger partial charge in [0.2, 0.25) is 0 Å². The third kappa shape index (κ3) is 3.65. The number of phenols is 2. The van der Waals surface area contributed by atoms with E-state index in [4.69, 9.17) is 20.6 Å². The SMILES string of the molecule is N#CO.Oc1ccccc1O. The number of nitrogens with zero attached hydrogens (tertiary/aromatic N) is 1. The van der Waals surface area contributed by atoms with Crippen LogP contribution >= 0.6 is 0 Å². The van der Waals surface area contributed by atoms with E-state index in [0.717, 1.165) is 6.26 Å². The Morgan fingerprint density at radius 3 is 1.55 bits per heavy atom. The lowest BCUT2D eigenvalue weighted by molar-refractivity contribution is 0.404. The van der Waals surface area contributed by atoms with Crippen molar-refractivity contribution in [3.8, 4) is 17.8 Å². The molecule has 0 spiro atoms. The highest BCUT2D eigenvalue weighted by Crippen LogP contribution is 2.21. The molecule has 1 aromatic carbocycles. The van der Waals surface area contributed by atoms with Crippen molar-refractivity contribution in [2.45, 2.75) is 0 Å². The second kappa shape index (κ2) is 4.94. The number of aliphatic hydroxyl groups is 1. The van der Waals surface area contributed by atoms with Crippen LogP contribution in [0.25, 0.3) is 0 Å². The first-order chi connectivity index (χ1) is 5.22. The molecule has 58 valence electrons. The van der Waals surface area contributed by atoms with Crippen LogP contribution in [0.4, 0.5) is 0 Å². The van der Waals surface area contributed by atoms with Crippen molar-refractivity contribution in [1.29, 1.82) is 5.26 Å². The van der Waals surface area contributed by atoms with Crippen molar-refractivity contribution < 1.29 is 15.3 Å². The number of hydrogen-bond donors (Lipinski definition) is 3. The molecular formula is C7H7NO3. The van der Waals surface area contributed by atoms with Gasteiger partial charge in [-0.05, 0) is 12.1 Å². The molecular weight excluding hydrogens is 146 g/mol. The zero-order valence-corrected chi connectivity index (χ0v) is 5.60. The van der Waals surface area contributed by atoms with Crippen LogP contribution in [0.1, 0.15) is 0 Å². The number of nitriles is 1. The van der Waals surface area contributed by atoms with Gasteiger partial charge in [-0.3, -0.25) is 0 Å². The zero-order chi connectivity index (χ0) is 8.69. The predicted molar refractivity (Wildman–Crippen MR) is 37.3 cm³/mol. The summed E-state index contributed by atoms with van der Waals surface area (Å²) in [4.78, 5) is 0. The lowest BCUT2D eigenvalue weighted by atomic mass is 10.3. The lowest BCUT2D eigenvalue weighted by Crippen LogP contribution is -1.63. The molecule has 4 heteroatoms. The largest absolute Gasteiger partial charge is 0.504 e. The molecule has 1 aromatic rings. The Hall–Kier alpha value is -1.89. The van der Waals surface area contributed by atoms with Crippen LogP contribution in [-0.4, -0.2) is 15.3 Å². The second-order valence-electron chi connectivity index (χ2n) is 1.59. The van der Waals surface area contributed by atoms with E-state index in [0.29, 0.717) is 0 Å². The fourth-order valence-electron chi connectivity index (χ4n) is 0.464. The molecule has 0 amide bonds. The molecule has 0 atom stereocenters. The van der Waals surface area contributed by atoms with E-state index in [9.17, 15) is 0 Å². The number of phenolic OH excluding ortho intramolecular Hbond substituents is 2. The minimum absolute atomic E-state index is 0.0764. The van der Waals surface area contributed by atoms with Gasteiger partial charge in [0, 0.05) is 0 Å². The molecule has 3 N–H and O–H groups in total. The van der Waals surface area contributed by atoms with Gasteiger partial charge in [-0.15, -0.1) is 0 Å². The van der Waals surface area contributed by atoms with Gasteiger partial charge < -0.3 is 15.3 Å². The van der Waals surface area contributed by atoms with Crippen LogP contribution < -0.4 is 0 Å². The first-order valence-electron chi connectivity index (χ1n) is 2.72. The van der Waals surface area contributed by atoms with Crippen LogP contribution in [0.2, 0.25) is 0 Å². The van der Waals surface area contributed by atoms with Gasteiger partial charge in [0.05, 0.1) is 0 Å². The van der Waals surface area contributed by atoms with Crippen molar-refractivity contribution in [3.63, 3.8) is 0 Å². The zero-order valence-electron chi connectivity index (χ0n) is 5.60. The number of hydrogen-bond acceptors (Lipinski definition) is 4. The van der Waals surface area contributed by atoms with Crippen LogP contribution in [0.5, 0.6) is 11.5 Å². The van der Waals surface area contributed by atoms with Gasteiger partial charge in [-0.1, -0.05) is 12.1 Å². The molecule has 0 aliphatic rings. The molecule has 0 bridgehead atoms. The third-order valence-electron chi connectivity index (χ3n) is 0.882. The summed E-state index contributed by atoms with van der Waals surface area (Å²) in [6, 6.07) is 6.15. The maximum atomic E-state index is 8.67. The summed E-state index contributed by atoms with van der Waals surface area (Å²) in [7, 11) is 0. The first kappa shape index (κ1) is 9.11. The Morgan fingerprint density at radius 2 is 1.36 bits per heavy atom. The van der Waals surface area contributed by atoms with E-state index in [1.165, 1.54) is 12.1 Å². The second-order valence-corrected chi connectivity index (χ2v) is 1.59. The maximum Gasteiger partial charge on any atom is 0.283 e. The molecule has 11 heavy (non-hydrogen) atoms. The summed E-state index contributed by atoms with van der Waals surface area (Å²) in [5.74, 6) is -0.153. The van der Waals surface area contributed by atoms with Gasteiger partial charge in [0.15, 0.2) is 11.5 Å². The molecule has 0 aliphatic heterocycles. The Morgan fingerprint density at radius 1 is 1.09 bits per heavy atom. The minimum Gasteiger partial charge on any atom is -0.504 e. The number of aliphatic hydroxyl groups excluding tert-OH is 1. The number of aromatic hydroxyl groups is 2. The summed E-state index contributed by atoms with van der Waals surface area (Å²) in [5.41, 5.74) is 0. The van der Waals surface area contributed by atoms with Crippen molar-refractivity contribution in [2.75, 3.05) is 0 Å². The molecule has 0 fully saturated rings. The minimum atomic E-state index is -0.0764. The fraction of sp³-hybridized carbons (Fsp3) is 0. The van der Waals surface area contributed by atoms with E-state index in [-0.39, 0.29) is 11.5 Å². The Labute approximate surface area is 63.6 Å². The molecule has 1 rings (SSSR count).